The maximum atomic E-state index is 9.95. The third kappa shape index (κ3) is 4.04. The van der Waals surface area contributed by atoms with Gasteiger partial charge in [0.2, 0.25) is 0 Å². The van der Waals surface area contributed by atoms with Crippen molar-refractivity contribution in [1.82, 2.24) is 10.2 Å². The molecule has 0 aromatic heterocycles. The van der Waals surface area contributed by atoms with Crippen LogP contribution in [0.25, 0.3) is 0 Å². The van der Waals surface area contributed by atoms with Crippen LogP contribution < -0.4 is 5.32 Å². The van der Waals surface area contributed by atoms with Crippen molar-refractivity contribution in [1.29, 1.82) is 0 Å². The average molecular weight is 226 g/mol. The molecule has 1 saturated heterocycles. The van der Waals surface area contributed by atoms with Crippen molar-refractivity contribution in [2.45, 2.75) is 45.3 Å². The third-order valence-electron chi connectivity index (χ3n) is 3.63. The van der Waals surface area contributed by atoms with Gasteiger partial charge in [0.1, 0.15) is 0 Å². The fourth-order valence-corrected chi connectivity index (χ4v) is 2.89. The van der Waals surface area contributed by atoms with Gasteiger partial charge in [0.15, 0.2) is 0 Å². The van der Waals surface area contributed by atoms with Gasteiger partial charge in [-0.25, -0.2) is 0 Å². The quantitative estimate of drug-likeness (QED) is 0.736. The van der Waals surface area contributed by atoms with Crippen molar-refractivity contribution in [3.63, 3.8) is 0 Å². The highest BCUT2D eigenvalue weighted by Gasteiger charge is 2.25. The molecule has 0 bridgehead atoms. The molecule has 1 heterocycles. The van der Waals surface area contributed by atoms with Crippen LogP contribution in [0.15, 0.2) is 0 Å². The Bertz CT molecular complexity index is 208. The second kappa shape index (κ2) is 5.48. The fraction of sp³-hybridized carbons (Fsp3) is 1.00. The van der Waals surface area contributed by atoms with Gasteiger partial charge in [0, 0.05) is 32.2 Å². The van der Waals surface area contributed by atoms with Crippen molar-refractivity contribution >= 4 is 0 Å². The zero-order valence-electron chi connectivity index (χ0n) is 10.7. The predicted molar refractivity (Wildman–Crippen MR) is 66.4 cm³/mol. The second-order valence-corrected chi connectivity index (χ2v) is 6.00. The Morgan fingerprint density at radius 2 is 1.88 bits per heavy atom. The minimum absolute atomic E-state index is 0.196. The maximum absolute atomic E-state index is 9.95. The molecule has 1 aliphatic heterocycles. The Hall–Kier alpha value is -0.120. The summed E-state index contributed by atoms with van der Waals surface area (Å²) in [6, 6.07) is 0.703. The first-order valence-electron chi connectivity index (χ1n) is 6.77. The summed E-state index contributed by atoms with van der Waals surface area (Å²) in [5.41, 5.74) is 0. The maximum Gasteiger partial charge on any atom is 0.0791 e. The van der Waals surface area contributed by atoms with Crippen LogP contribution in [0, 0.1) is 11.8 Å². The zero-order chi connectivity index (χ0) is 11.5. The molecule has 3 heteroatoms. The summed E-state index contributed by atoms with van der Waals surface area (Å²) >= 11 is 0. The van der Waals surface area contributed by atoms with Crippen LogP contribution in [-0.4, -0.2) is 48.3 Å². The van der Waals surface area contributed by atoms with E-state index in [9.17, 15) is 5.11 Å². The molecule has 0 radical (unpaired) electrons. The molecule has 1 saturated carbocycles. The molecule has 2 aliphatic rings. The molecule has 94 valence electrons. The lowest BCUT2D eigenvalue weighted by Gasteiger charge is -2.36. The summed E-state index contributed by atoms with van der Waals surface area (Å²) in [6.45, 7) is 8.56. The van der Waals surface area contributed by atoms with E-state index in [-0.39, 0.29) is 6.10 Å². The van der Waals surface area contributed by atoms with Gasteiger partial charge in [-0.1, -0.05) is 13.8 Å². The molecular formula is C13H26N2O. The van der Waals surface area contributed by atoms with E-state index in [4.69, 9.17) is 0 Å². The van der Waals surface area contributed by atoms with Crippen LogP contribution in [0.1, 0.15) is 33.1 Å². The van der Waals surface area contributed by atoms with Gasteiger partial charge >= 0.3 is 0 Å². The molecule has 2 fully saturated rings. The number of rotatable bonds is 5. The minimum Gasteiger partial charge on any atom is -0.390 e. The molecule has 0 aromatic carbocycles. The Morgan fingerprint density at radius 1 is 1.25 bits per heavy atom. The van der Waals surface area contributed by atoms with Crippen LogP contribution in [-0.2, 0) is 0 Å². The van der Waals surface area contributed by atoms with Crippen LogP contribution in [0.5, 0.6) is 0 Å². The standard InChI is InChI=1S/C13H26N2O/c1-10-5-11(2)8-15(7-10)9-13(16)6-14-12-3-4-12/h10-14,16H,3-9H2,1-2H3/t10-,11+,13-/m1/s1. The van der Waals surface area contributed by atoms with Crippen molar-refractivity contribution in [2.24, 2.45) is 11.8 Å². The van der Waals surface area contributed by atoms with Crippen LogP contribution in [0.3, 0.4) is 0 Å². The molecule has 0 spiro atoms. The van der Waals surface area contributed by atoms with Crippen molar-refractivity contribution < 1.29 is 5.11 Å². The summed E-state index contributed by atoms with van der Waals surface area (Å²) in [5, 5.41) is 13.3. The van der Waals surface area contributed by atoms with E-state index in [1.165, 1.54) is 19.3 Å². The summed E-state index contributed by atoms with van der Waals surface area (Å²) in [6.07, 6.45) is 3.74. The molecule has 2 rings (SSSR count). The molecule has 0 unspecified atom stereocenters. The fourth-order valence-electron chi connectivity index (χ4n) is 2.89. The van der Waals surface area contributed by atoms with Gasteiger partial charge in [0.05, 0.1) is 6.10 Å². The Kier molecular flexibility index (Phi) is 4.22. The summed E-state index contributed by atoms with van der Waals surface area (Å²) < 4.78 is 0. The molecule has 0 aromatic rings. The van der Waals surface area contributed by atoms with Gasteiger partial charge in [-0.3, -0.25) is 0 Å². The van der Waals surface area contributed by atoms with E-state index in [1.807, 2.05) is 0 Å². The van der Waals surface area contributed by atoms with E-state index >= 15 is 0 Å². The van der Waals surface area contributed by atoms with Gasteiger partial charge in [-0.15, -0.1) is 0 Å². The number of hydrogen-bond donors (Lipinski definition) is 2. The number of aliphatic hydroxyl groups is 1. The third-order valence-corrected chi connectivity index (χ3v) is 3.63. The molecule has 0 amide bonds. The zero-order valence-corrected chi connectivity index (χ0v) is 10.7. The van der Waals surface area contributed by atoms with Crippen LogP contribution >= 0.6 is 0 Å². The first-order chi connectivity index (χ1) is 7.63. The van der Waals surface area contributed by atoms with Gasteiger partial charge in [-0.05, 0) is 31.1 Å². The highest BCUT2D eigenvalue weighted by molar-refractivity contribution is 4.83. The first-order valence-corrected chi connectivity index (χ1v) is 6.77. The highest BCUT2D eigenvalue weighted by atomic mass is 16.3. The summed E-state index contributed by atoms with van der Waals surface area (Å²) in [5.74, 6) is 1.57. The predicted octanol–water partition coefficient (Wildman–Crippen LogP) is 1.08. The lowest BCUT2D eigenvalue weighted by Crippen LogP contribution is -2.45. The lowest BCUT2D eigenvalue weighted by atomic mass is 9.92. The van der Waals surface area contributed by atoms with E-state index in [0.717, 1.165) is 38.0 Å². The topological polar surface area (TPSA) is 35.5 Å². The van der Waals surface area contributed by atoms with Crippen LogP contribution in [0.2, 0.25) is 0 Å². The van der Waals surface area contributed by atoms with Crippen molar-refractivity contribution in [2.75, 3.05) is 26.2 Å². The van der Waals surface area contributed by atoms with Crippen LogP contribution in [0.4, 0.5) is 0 Å². The van der Waals surface area contributed by atoms with Gasteiger partial charge in [-0.2, -0.15) is 0 Å². The molecule has 2 N–H and O–H groups in total. The minimum atomic E-state index is -0.196. The smallest absolute Gasteiger partial charge is 0.0791 e. The molecule has 1 aliphatic carbocycles. The monoisotopic (exact) mass is 226 g/mol. The normalized spacial score (nSPS) is 33.9. The van der Waals surface area contributed by atoms with E-state index in [2.05, 4.69) is 24.1 Å². The SMILES string of the molecule is C[C@@H]1C[C@H](C)CN(C[C@H](O)CNC2CC2)C1. The Labute approximate surface area is 99.2 Å². The number of likely N-dealkylation sites (tertiary alicyclic amines) is 1. The number of β-amino-alcohol motifs (C(OH)–C–C–N with tert-alkyl or cyclic N) is 1. The second-order valence-electron chi connectivity index (χ2n) is 6.00. The average Bonchev–Trinajstić information content (AvgIpc) is 2.96. The summed E-state index contributed by atoms with van der Waals surface area (Å²) in [4.78, 5) is 2.43. The van der Waals surface area contributed by atoms with Gasteiger partial charge < -0.3 is 15.3 Å². The summed E-state index contributed by atoms with van der Waals surface area (Å²) in [7, 11) is 0. The number of nitrogens with one attached hydrogen (secondary N) is 1. The molecule has 16 heavy (non-hydrogen) atoms. The molecular weight excluding hydrogens is 200 g/mol. The van der Waals surface area contributed by atoms with E-state index in [1.54, 1.807) is 0 Å². The van der Waals surface area contributed by atoms with E-state index in [0.29, 0.717) is 6.04 Å². The number of aliphatic hydroxyl groups excluding tert-OH is 1. The van der Waals surface area contributed by atoms with Crippen molar-refractivity contribution in [3.8, 4) is 0 Å². The largest absolute Gasteiger partial charge is 0.390 e. The highest BCUT2D eigenvalue weighted by Crippen LogP contribution is 2.21. The van der Waals surface area contributed by atoms with E-state index < -0.39 is 0 Å². The first kappa shape index (κ1) is 12.3. The molecule has 3 nitrogen and oxygen atoms in total. The number of nitrogens with zero attached hydrogens (tertiary/aromatic N) is 1. The molecule has 3 atom stereocenters. The number of piperidine rings is 1. The lowest BCUT2D eigenvalue weighted by molar-refractivity contribution is 0.0698. The Balaban J connectivity index is 1.66. The number of hydrogen-bond acceptors (Lipinski definition) is 3. The Morgan fingerprint density at radius 3 is 2.44 bits per heavy atom. The van der Waals surface area contributed by atoms with Crippen molar-refractivity contribution in [3.05, 3.63) is 0 Å². The van der Waals surface area contributed by atoms with Gasteiger partial charge in [0.25, 0.3) is 0 Å².